The van der Waals surface area contributed by atoms with Gasteiger partial charge in [-0.25, -0.2) is 5.43 Å². The predicted octanol–water partition coefficient (Wildman–Crippen LogP) is 3.74. The van der Waals surface area contributed by atoms with Crippen LogP contribution in [0.2, 0.25) is 0 Å². The summed E-state index contributed by atoms with van der Waals surface area (Å²) < 4.78 is 5.78. The molecule has 3 aromatic carbocycles. The highest BCUT2D eigenvalue weighted by Gasteiger charge is 2.11. The van der Waals surface area contributed by atoms with Gasteiger partial charge in [-0.05, 0) is 29.8 Å². The van der Waals surface area contributed by atoms with Crippen molar-refractivity contribution in [3.63, 3.8) is 0 Å². The molecule has 0 radical (unpaired) electrons. The normalized spacial score (nSPS) is 10.6. The van der Waals surface area contributed by atoms with Gasteiger partial charge in [-0.3, -0.25) is 4.79 Å². The molecule has 5 heteroatoms. The first-order valence-corrected chi connectivity index (χ1v) is 8.11. The molecule has 0 aliphatic carbocycles. The Morgan fingerprint density at radius 3 is 2.46 bits per heavy atom. The summed E-state index contributed by atoms with van der Waals surface area (Å²) in [5, 5.41) is 13.6. The van der Waals surface area contributed by atoms with Gasteiger partial charge < -0.3 is 9.84 Å². The van der Waals surface area contributed by atoms with E-state index in [1.165, 1.54) is 6.21 Å². The Bertz CT molecular complexity index is 908. The minimum Gasteiger partial charge on any atom is -0.507 e. The van der Waals surface area contributed by atoms with Gasteiger partial charge in [0.2, 0.25) is 0 Å². The molecule has 3 rings (SSSR count). The molecule has 1 amide bonds. The summed E-state index contributed by atoms with van der Waals surface area (Å²) in [5.74, 6) is 0.184. The van der Waals surface area contributed by atoms with Gasteiger partial charge in [0.15, 0.2) is 0 Å². The highest BCUT2D eigenvalue weighted by Crippen LogP contribution is 2.19. The van der Waals surface area contributed by atoms with Crippen molar-refractivity contribution < 1.29 is 14.6 Å². The van der Waals surface area contributed by atoms with Gasteiger partial charge in [0.1, 0.15) is 18.1 Å². The first kappa shape index (κ1) is 17.2. The summed E-state index contributed by atoms with van der Waals surface area (Å²) >= 11 is 0. The standard InChI is InChI=1S/C21H18N2O3/c24-19-12-6-4-10-17(19)14-22-23-21(25)18-11-5-7-13-20(18)26-15-16-8-2-1-3-9-16/h1-14,24H,15H2,(H,23,25)/b22-14-. The minimum atomic E-state index is -0.389. The van der Waals surface area contributed by atoms with Gasteiger partial charge in [0.25, 0.3) is 5.91 Å². The van der Waals surface area contributed by atoms with Gasteiger partial charge in [0, 0.05) is 5.56 Å². The second kappa shape index (κ2) is 8.48. The van der Waals surface area contributed by atoms with Crippen LogP contribution in [0.5, 0.6) is 11.5 Å². The molecule has 0 atom stereocenters. The summed E-state index contributed by atoms with van der Waals surface area (Å²) in [6, 6.07) is 23.4. The first-order valence-electron chi connectivity index (χ1n) is 8.11. The quantitative estimate of drug-likeness (QED) is 0.528. The molecule has 2 N–H and O–H groups in total. The number of benzene rings is 3. The monoisotopic (exact) mass is 346 g/mol. The highest BCUT2D eigenvalue weighted by atomic mass is 16.5. The Labute approximate surface area is 151 Å². The van der Waals surface area contributed by atoms with Crippen molar-refractivity contribution in [2.75, 3.05) is 0 Å². The number of phenols is 1. The number of nitrogens with zero attached hydrogens (tertiary/aromatic N) is 1. The van der Waals surface area contributed by atoms with Crippen molar-refractivity contribution in [2.45, 2.75) is 6.61 Å². The third kappa shape index (κ3) is 4.48. The van der Waals surface area contributed by atoms with E-state index in [2.05, 4.69) is 10.5 Å². The van der Waals surface area contributed by atoms with Crippen LogP contribution in [-0.2, 0) is 6.61 Å². The van der Waals surface area contributed by atoms with Gasteiger partial charge in [-0.1, -0.05) is 54.6 Å². The number of hydrogen-bond acceptors (Lipinski definition) is 4. The summed E-state index contributed by atoms with van der Waals surface area (Å²) in [7, 11) is 0. The number of para-hydroxylation sites is 2. The fourth-order valence-corrected chi connectivity index (χ4v) is 2.33. The maximum Gasteiger partial charge on any atom is 0.275 e. The molecule has 5 nitrogen and oxygen atoms in total. The molecule has 0 aliphatic heterocycles. The fourth-order valence-electron chi connectivity index (χ4n) is 2.33. The van der Waals surface area contributed by atoms with E-state index in [1.54, 1.807) is 42.5 Å². The molecule has 0 aromatic heterocycles. The van der Waals surface area contributed by atoms with Crippen LogP contribution in [0, 0.1) is 0 Å². The first-order chi connectivity index (χ1) is 12.7. The molecule has 0 saturated heterocycles. The van der Waals surface area contributed by atoms with Crippen molar-refractivity contribution >= 4 is 12.1 Å². The second-order valence-electron chi connectivity index (χ2n) is 5.53. The predicted molar refractivity (Wildman–Crippen MR) is 100 cm³/mol. The highest BCUT2D eigenvalue weighted by molar-refractivity contribution is 5.97. The van der Waals surface area contributed by atoms with Crippen LogP contribution in [0.4, 0.5) is 0 Å². The molecular weight excluding hydrogens is 328 g/mol. The van der Waals surface area contributed by atoms with Crippen LogP contribution in [0.25, 0.3) is 0 Å². The number of hydrazone groups is 1. The average molecular weight is 346 g/mol. The van der Waals surface area contributed by atoms with Crippen LogP contribution in [0.15, 0.2) is 84.0 Å². The number of aromatic hydroxyl groups is 1. The average Bonchev–Trinajstić information content (AvgIpc) is 2.69. The Morgan fingerprint density at radius 2 is 1.65 bits per heavy atom. The van der Waals surface area contributed by atoms with Crippen molar-refractivity contribution in [3.05, 3.63) is 95.6 Å². The molecule has 26 heavy (non-hydrogen) atoms. The van der Waals surface area contributed by atoms with Gasteiger partial charge in [0.05, 0.1) is 11.8 Å². The maximum absolute atomic E-state index is 12.4. The second-order valence-corrected chi connectivity index (χ2v) is 5.53. The molecule has 0 saturated carbocycles. The SMILES string of the molecule is O=C(N/N=C\c1ccccc1O)c1ccccc1OCc1ccccc1. The number of amides is 1. The van der Waals surface area contributed by atoms with E-state index in [-0.39, 0.29) is 11.7 Å². The lowest BCUT2D eigenvalue weighted by Crippen LogP contribution is -2.18. The van der Waals surface area contributed by atoms with E-state index in [0.717, 1.165) is 5.56 Å². The maximum atomic E-state index is 12.4. The van der Waals surface area contributed by atoms with E-state index in [4.69, 9.17) is 4.74 Å². The van der Waals surface area contributed by atoms with E-state index in [1.807, 2.05) is 36.4 Å². The van der Waals surface area contributed by atoms with Gasteiger partial charge >= 0.3 is 0 Å². The Morgan fingerprint density at radius 1 is 0.962 bits per heavy atom. The molecule has 130 valence electrons. The number of hydrogen-bond donors (Lipinski definition) is 2. The van der Waals surface area contributed by atoms with Crippen LogP contribution >= 0.6 is 0 Å². The molecule has 0 unspecified atom stereocenters. The lowest BCUT2D eigenvalue weighted by atomic mass is 10.2. The zero-order valence-corrected chi connectivity index (χ0v) is 14.0. The van der Waals surface area contributed by atoms with Crippen LogP contribution in [0.3, 0.4) is 0 Å². The largest absolute Gasteiger partial charge is 0.507 e. The molecule has 3 aromatic rings. The van der Waals surface area contributed by atoms with Crippen LogP contribution in [-0.4, -0.2) is 17.2 Å². The number of ether oxygens (including phenoxy) is 1. The molecule has 0 bridgehead atoms. The van der Waals surface area contributed by atoms with Gasteiger partial charge in [-0.15, -0.1) is 0 Å². The summed E-state index contributed by atoms with van der Waals surface area (Å²) in [5.41, 5.74) is 4.37. The lowest BCUT2D eigenvalue weighted by molar-refractivity contribution is 0.0950. The van der Waals surface area contributed by atoms with Crippen molar-refractivity contribution in [1.82, 2.24) is 5.43 Å². The third-order valence-electron chi connectivity index (χ3n) is 3.68. The summed E-state index contributed by atoms with van der Waals surface area (Å²) in [6.07, 6.45) is 1.39. The van der Waals surface area contributed by atoms with E-state index in [9.17, 15) is 9.90 Å². The third-order valence-corrected chi connectivity index (χ3v) is 3.68. The number of nitrogens with one attached hydrogen (secondary N) is 1. The van der Waals surface area contributed by atoms with Gasteiger partial charge in [-0.2, -0.15) is 5.10 Å². The fraction of sp³-hybridized carbons (Fsp3) is 0.0476. The number of phenolic OH excluding ortho intramolecular Hbond substituents is 1. The molecule has 0 aliphatic rings. The topological polar surface area (TPSA) is 70.9 Å². The van der Waals surface area contributed by atoms with Crippen molar-refractivity contribution in [3.8, 4) is 11.5 Å². The van der Waals surface area contributed by atoms with Crippen LogP contribution < -0.4 is 10.2 Å². The molecule has 0 fully saturated rings. The van der Waals surface area contributed by atoms with Crippen LogP contribution in [0.1, 0.15) is 21.5 Å². The number of rotatable bonds is 6. The van der Waals surface area contributed by atoms with E-state index < -0.39 is 0 Å². The Balaban J connectivity index is 1.67. The number of carbonyl (C=O) groups is 1. The summed E-state index contributed by atoms with van der Waals surface area (Å²) in [4.78, 5) is 12.4. The van der Waals surface area contributed by atoms with Crippen molar-refractivity contribution in [1.29, 1.82) is 0 Å². The number of carbonyl (C=O) groups excluding carboxylic acids is 1. The molecule has 0 heterocycles. The van der Waals surface area contributed by atoms with E-state index in [0.29, 0.717) is 23.5 Å². The lowest BCUT2D eigenvalue weighted by Gasteiger charge is -2.10. The molecule has 0 spiro atoms. The zero-order valence-electron chi connectivity index (χ0n) is 14.0. The Hall–Kier alpha value is -3.60. The van der Waals surface area contributed by atoms with E-state index >= 15 is 0 Å². The minimum absolute atomic E-state index is 0.0945. The summed E-state index contributed by atoms with van der Waals surface area (Å²) in [6.45, 7) is 0.367. The zero-order chi connectivity index (χ0) is 18.2. The Kier molecular flexibility index (Phi) is 5.62. The molecular formula is C21H18N2O3. The smallest absolute Gasteiger partial charge is 0.275 e. The van der Waals surface area contributed by atoms with Crippen molar-refractivity contribution in [2.24, 2.45) is 5.10 Å².